The van der Waals surface area contributed by atoms with Crippen LogP contribution in [0.1, 0.15) is 0 Å². The minimum absolute atomic E-state index is 0.422. The summed E-state index contributed by atoms with van der Waals surface area (Å²) in [5.74, 6) is 0. The molecule has 64 valence electrons. The largest absolute Gasteiger partial charge is 0.264 e. The maximum Gasteiger partial charge on any atom is 0.257 e. The van der Waals surface area contributed by atoms with Crippen LogP contribution < -0.4 is 0 Å². The molecule has 0 fully saturated rings. The molecule has 0 heterocycles. The molecule has 0 aromatic rings. The molecule has 1 rings (SSSR count). The maximum atomic E-state index is 10.5. The Bertz CT molecular complexity index is 272. The van der Waals surface area contributed by atoms with Crippen LogP contribution in [0.4, 0.5) is 0 Å². The summed E-state index contributed by atoms with van der Waals surface area (Å²) in [6.07, 6.45) is 7.68. The fraction of sp³-hybridized carbons (Fsp3) is 0.250. The van der Waals surface area contributed by atoms with Crippen molar-refractivity contribution >= 4 is 11.6 Å². The van der Waals surface area contributed by atoms with Gasteiger partial charge < -0.3 is 0 Å². The van der Waals surface area contributed by atoms with E-state index >= 15 is 0 Å². The van der Waals surface area contributed by atoms with Crippen LogP contribution in [0.25, 0.3) is 0 Å². The van der Waals surface area contributed by atoms with Gasteiger partial charge in [-0.25, -0.2) is 0 Å². The number of halogens is 1. The zero-order chi connectivity index (χ0) is 9.19. The molecule has 1 aliphatic rings. The van der Waals surface area contributed by atoms with E-state index in [4.69, 9.17) is 11.6 Å². The molecule has 4 heteroatoms. The minimum atomic E-state index is -1.07. The first-order valence-electron chi connectivity index (χ1n) is 3.42. The third kappa shape index (κ3) is 1.41. The van der Waals surface area contributed by atoms with Crippen molar-refractivity contribution in [2.45, 2.75) is 10.9 Å². The van der Waals surface area contributed by atoms with Gasteiger partial charge in [0, 0.05) is 4.92 Å². The highest BCUT2D eigenvalue weighted by molar-refractivity contribution is 6.27. The molecular weight excluding hydrogens is 178 g/mol. The standard InChI is InChI=1S/C8H8ClNO2/c1-2-8(9)6-4-3-5-7(8)10(11)12/h2-7H,1H2. The van der Waals surface area contributed by atoms with Crippen molar-refractivity contribution in [3.8, 4) is 0 Å². The van der Waals surface area contributed by atoms with Crippen molar-refractivity contribution in [3.05, 3.63) is 47.1 Å². The monoisotopic (exact) mass is 185 g/mol. The first kappa shape index (κ1) is 9.00. The normalized spacial score (nSPS) is 33.2. The summed E-state index contributed by atoms with van der Waals surface area (Å²) in [6.45, 7) is 3.47. The number of nitro groups is 1. The fourth-order valence-electron chi connectivity index (χ4n) is 1.04. The highest BCUT2D eigenvalue weighted by Crippen LogP contribution is 2.28. The Morgan fingerprint density at radius 1 is 1.67 bits per heavy atom. The predicted octanol–water partition coefficient (Wildman–Crippen LogP) is 1.92. The van der Waals surface area contributed by atoms with Crippen molar-refractivity contribution in [2.75, 3.05) is 0 Å². The zero-order valence-corrected chi connectivity index (χ0v) is 7.07. The number of nitrogens with zero attached hydrogens (tertiary/aromatic N) is 1. The van der Waals surface area contributed by atoms with Gasteiger partial charge in [-0.15, -0.1) is 18.2 Å². The van der Waals surface area contributed by atoms with E-state index in [9.17, 15) is 10.1 Å². The van der Waals surface area contributed by atoms with Gasteiger partial charge in [0.1, 0.15) is 0 Å². The average molecular weight is 186 g/mol. The maximum absolute atomic E-state index is 10.5. The van der Waals surface area contributed by atoms with Gasteiger partial charge in [0.25, 0.3) is 6.04 Å². The molecule has 0 saturated heterocycles. The summed E-state index contributed by atoms with van der Waals surface area (Å²) in [7, 11) is 0. The number of alkyl halides is 1. The molecule has 0 aromatic carbocycles. The lowest BCUT2D eigenvalue weighted by atomic mass is 9.95. The lowest BCUT2D eigenvalue weighted by Gasteiger charge is -2.22. The van der Waals surface area contributed by atoms with E-state index in [-0.39, 0.29) is 0 Å². The molecule has 0 spiro atoms. The molecule has 0 aromatic heterocycles. The lowest BCUT2D eigenvalue weighted by Crippen LogP contribution is -2.38. The van der Waals surface area contributed by atoms with Crippen LogP contribution in [0.5, 0.6) is 0 Å². The molecule has 0 aliphatic heterocycles. The van der Waals surface area contributed by atoms with Crippen LogP contribution in [0.15, 0.2) is 37.0 Å². The highest BCUT2D eigenvalue weighted by Gasteiger charge is 2.40. The first-order valence-corrected chi connectivity index (χ1v) is 3.80. The Kier molecular flexibility index (Phi) is 2.33. The minimum Gasteiger partial charge on any atom is -0.264 e. The summed E-state index contributed by atoms with van der Waals surface area (Å²) in [5, 5.41) is 10.5. The van der Waals surface area contributed by atoms with Crippen molar-refractivity contribution < 1.29 is 4.92 Å². The third-order valence-electron chi connectivity index (χ3n) is 1.75. The second-order valence-electron chi connectivity index (χ2n) is 2.51. The van der Waals surface area contributed by atoms with Gasteiger partial charge in [-0.2, -0.15) is 0 Å². The Morgan fingerprint density at radius 3 is 2.75 bits per heavy atom. The number of hydrogen-bond acceptors (Lipinski definition) is 2. The van der Waals surface area contributed by atoms with Gasteiger partial charge in [0.05, 0.1) is 0 Å². The predicted molar refractivity (Wildman–Crippen MR) is 47.8 cm³/mol. The quantitative estimate of drug-likeness (QED) is 0.286. The second kappa shape index (κ2) is 3.11. The lowest BCUT2D eigenvalue weighted by molar-refractivity contribution is -0.511. The van der Waals surface area contributed by atoms with Crippen LogP contribution >= 0.6 is 11.6 Å². The Balaban J connectivity index is 2.99. The summed E-state index contributed by atoms with van der Waals surface area (Å²) in [4.78, 5) is 9.02. The summed E-state index contributed by atoms with van der Waals surface area (Å²) in [6, 6.07) is -0.915. The third-order valence-corrected chi connectivity index (χ3v) is 2.25. The fourth-order valence-corrected chi connectivity index (χ4v) is 1.26. The average Bonchev–Trinajstić information content (AvgIpc) is 2.05. The van der Waals surface area contributed by atoms with Crippen LogP contribution in [0, 0.1) is 10.1 Å². The molecule has 2 atom stereocenters. The summed E-state index contributed by atoms with van der Waals surface area (Å²) >= 11 is 5.92. The first-order chi connectivity index (χ1) is 5.60. The van der Waals surface area contributed by atoms with Gasteiger partial charge in [0.2, 0.25) is 0 Å². The van der Waals surface area contributed by atoms with E-state index in [0.717, 1.165) is 0 Å². The van der Waals surface area contributed by atoms with Gasteiger partial charge in [-0.1, -0.05) is 24.3 Å². The molecule has 0 amide bonds. The number of rotatable bonds is 2. The van der Waals surface area contributed by atoms with Crippen LogP contribution in [-0.4, -0.2) is 15.8 Å². The molecule has 12 heavy (non-hydrogen) atoms. The Morgan fingerprint density at radius 2 is 2.33 bits per heavy atom. The molecule has 1 aliphatic carbocycles. The van der Waals surface area contributed by atoms with Crippen LogP contribution in [0.3, 0.4) is 0 Å². The number of allylic oxidation sites excluding steroid dienone is 2. The summed E-state index contributed by atoms with van der Waals surface area (Å²) < 4.78 is 0. The zero-order valence-electron chi connectivity index (χ0n) is 6.31. The van der Waals surface area contributed by atoms with E-state index < -0.39 is 15.8 Å². The van der Waals surface area contributed by atoms with E-state index in [2.05, 4.69) is 6.58 Å². The summed E-state index contributed by atoms with van der Waals surface area (Å²) in [5.41, 5.74) is 0. The van der Waals surface area contributed by atoms with Crippen LogP contribution in [0.2, 0.25) is 0 Å². The molecular formula is C8H8ClNO2. The van der Waals surface area contributed by atoms with Crippen molar-refractivity contribution in [1.29, 1.82) is 0 Å². The molecule has 0 saturated carbocycles. The highest BCUT2D eigenvalue weighted by atomic mass is 35.5. The Hall–Kier alpha value is -1.09. The SMILES string of the molecule is C=CC1(Cl)C=CC=CC1[N+](=O)[O-]. The van der Waals surface area contributed by atoms with Gasteiger partial charge in [0.15, 0.2) is 4.87 Å². The van der Waals surface area contributed by atoms with Gasteiger partial charge >= 0.3 is 0 Å². The molecule has 0 bridgehead atoms. The molecule has 2 unspecified atom stereocenters. The second-order valence-corrected chi connectivity index (χ2v) is 3.16. The topological polar surface area (TPSA) is 43.1 Å². The van der Waals surface area contributed by atoms with Crippen molar-refractivity contribution in [3.63, 3.8) is 0 Å². The van der Waals surface area contributed by atoms with Crippen LogP contribution in [-0.2, 0) is 0 Å². The van der Waals surface area contributed by atoms with Crippen molar-refractivity contribution in [1.82, 2.24) is 0 Å². The van der Waals surface area contributed by atoms with Gasteiger partial charge in [-0.05, 0) is 6.08 Å². The van der Waals surface area contributed by atoms with E-state index in [1.807, 2.05) is 0 Å². The Labute approximate surface area is 75.2 Å². The number of hydrogen-bond donors (Lipinski definition) is 0. The van der Waals surface area contributed by atoms with E-state index in [0.29, 0.717) is 0 Å². The van der Waals surface area contributed by atoms with Gasteiger partial charge in [-0.3, -0.25) is 10.1 Å². The van der Waals surface area contributed by atoms with E-state index in [1.54, 1.807) is 18.2 Å². The molecule has 0 radical (unpaired) electrons. The molecule has 0 N–H and O–H groups in total. The smallest absolute Gasteiger partial charge is 0.257 e. The molecule has 3 nitrogen and oxygen atoms in total. The van der Waals surface area contributed by atoms with Crippen molar-refractivity contribution in [2.24, 2.45) is 0 Å². The van der Waals surface area contributed by atoms with E-state index in [1.165, 1.54) is 12.2 Å².